The van der Waals surface area contributed by atoms with E-state index >= 15 is 0 Å². The predicted molar refractivity (Wildman–Crippen MR) is 126 cm³/mol. The number of carbonyl (C=O) groups excluding carboxylic acids is 1. The smallest absolute Gasteiger partial charge is 0.290 e. The van der Waals surface area contributed by atoms with E-state index in [9.17, 15) is 9.59 Å². The monoisotopic (exact) mass is 474 g/mol. The number of nitrogens with zero attached hydrogens (tertiary/aromatic N) is 1. The molecule has 0 fully saturated rings. The number of fused-ring (bicyclic) bond motifs is 3. The zero-order valence-electron chi connectivity index (χ0n) is 19.1. The van der Waals surface area contributed by atoms with Crippen molar-refractivity contribution in [3.05, 3.63) is 81.5 Å². The van der Waals surface area contributed by atoms with Crippen molar-refractivity contribution >= 4 is 16.8 Å². The van der Waals surface area contributed by atoms with Crippen LogP contribution in [0.4, 0.5) is 0 Å². The Hall–Kier alpha value is -4.40. The van der Waals surface area contributed by atoms with Gasteiger partial charge in [0.05, 0.1) is 32.0 Å². The molecule has 0 saturated heterocycles. The molecule has 0 saturated carbocycles. The summed E-state index contributed by atoms with van der Waals surface area (Å²) >= 11 is 0. The Labute approximate surface area is 199 Å². The minimum atomic E-state index is -0.672. The van der Waals surface area contributed by atoms with E-state index in [1.165, 1.54) is 6.26 Å². The van der Waals surface area contributed by atoms with Crippen molar-refractivity contribution in [3.8, 4) is 23.0 Å². The van der Waals surface area contributed by atoms with E-state index < -0.39 is 6.04 Å². The maximum Gasteiger partial charge on any atom is 0.290 e. The largest absolute Gasteiger partial charge is 0.493 e. The van der Waals surface area contributed by atoms with Crippen LogP contribution < -0.4 is 24.5 Å². The fourth-order valence-corrected chi connectivity index (χ4v) is 4.86. The first-order valence-corrected chi connectivity index (χ1v) is 11.1. The van der Waals surface area contributed by atoms with E-state index in [1.54, 1.807) is 43.4 Å². The number of aromatic nitrogens is 1. The number of rotatable bonds is 4. The summed E-state index contributed by atoms with van der Waals surface area (Å²) in [5.41, 5.74) is 2.50. The highest BCUT2D eigenvalue weighted by Gasteiger charge is 2.36. The number of H-pyrrole nitrogens is 1. The maximum atomic E-state index is 13.5. The lowest BCUT2D eigenvalue weighted by Gasteiger charge is -2.37. The van der Waals surface area contributed by atoms with E-state index in [4.69, 9.17) is 23.4 Å². The molecule has 0 radical (unpaired) electrons. The molecule has 6 rings (SSSR count). The molecular weight excluding hydrogens is 452 g/mol. The molecule has 1 N–H and O–H groups in total. The van der Waals surface area contributed by atoms with Crippen LogP contribution in [0.1, 0.15) is 33.3 Å². The molecule has 0 bridgehead atoms. The van der Waals surface area contributed by atoms with Gasteiger partial charge in [-0.2, -0.15) is 0 Å². The van der Waals surface area contributed by atoms with Gasteiger partial charge < -0.3 is 33.2 Å². The number of benzene rings is 2. The Morgan fingerprint density at radius 3 is 2.54 bits per heavy atom. The number of nitrogens with one attached hydrogen (secondary N) is 1. The molecule has 0 unspecified atom stereocenters. The lowest BCUT2D eigenvalue weighted by molar-refractivity contribution is 0.0660. The van der Waals surface area contributed by atoms with Gasteiger partial charge >= 0.3 is 0 Å². The van der Waals surface area contributed by atoms with Gasteiger partial charge in [-0.1, -0.05) is 0 Å². The molecule has 2 aliphatic rings. The number of ether oxygens (including phenoxy) is 4. The van der Waals surface area contributed by atoms with Crippen molar-refractivity contribution in [1.29, 1.82) is 0 Å². The third kappa shape index (κ3) is 3.39. The van der Waals surface area contributed by atoms with E-state index in [0.717, 1.165) is 16.5 Å². The third-order valence-electron chi connectivity index (χ3n) is 6.53. The van der Waals surface area contributed by atoms with Gasteiger partial charge in [0, 0.05) is 23.6 Å². The molecule has 0 spiro atoms. The van der Waals surface area contributed by atoms with Crippen LogP contribution in [-0.4, -0.2) is 43.3 Å². The maximum absolute atomic E-state index is 13.5. The third-order valence-corrected chi connectivity index (χ3v) is 6.53. The Bertz CT molecular complexity index is 1510. The van der Waals surface area contributed by atoms with E-state index in [2.05, 4.69) is 4.98 Å². The van der Waals surface area contributed by atoms with Gasteiger partial charge in [-0.15, -0.1) is 0 Å². The van der Waals surface area contributed by atoms with Gasteiger partial charge in [0.25, 0.3) is 11.5 Å². The van der Waals surface area contributed by atoms with Crippen molar-refractivity contribution in [2.45, 2.75) is 12.5 Å². The molecule has 9 nitrogen and oxygen atoms in total. The molecular formula is C26H22N2O7. The summed E-state index contributed by atoms with van der Waals surface area (Å²) < 4.78 is 27.4. The van der Waals surface area contributed by atoms with Crippen LogP contribution in [0.3, 0.4) is 0 Å². The quantitative estimate of drug-likeness (QED) is 0.482. The highest BCUT2D eigenvalue weighted by molar-refractivity contribution is 5.92. The summed E-state index contributed by atoms with van der Waals surface area (Å²) in [6.45, 7) is 0.525. The highest BCUT2D eigenvalue weighted by Crippen LogP contribution is 2.42. The van der Waals surface area contributed by atoms with Gasteiger partial charge in [-0.3, -0.25) is 9.59 Å². The fraction of sp³-hybridized carbons (Fsp3) is 0.231. The second-order valence-corrected chi connectivity index (χ2v) is 8.38. The number of pyridine rings is 1. The molecule has 35 heavy (non-hydrogen) atoms. The Kier molecular flexibility index (Phi) is 4.91. The first-order chi connectivity index (χ1) is 17.1. The van der Waals surface area contributed by atoms with E-state index in [-0.39, 0.29) is 24.0 Å². The molecule has 2 aromatic carbocycles. The summed E-state index contributed by atoms with van der Waals surface area (Å²) in [5, 5.41) is 0.766. The van der Waals surface area contributed by atoms with E-state index in [1.807, 2.05) is 18.2 Å². The number of furan rings is 1. The first kappa shape index (κ1) is 21.2. The summed E-state index contributed by atoms with van der Waals surface area (Å²) in [6, 6.07) is 11.7. The molecule has 1 atom stereocenters. The Morgan fingerprint density at radius 2 is 1.80 bits per heavy atom. The minimum Gasteiger partial charge on any atom is -0.493 e. The SMILES string of the molecule is COc1cc2c(cc1OC)[C@@H](c1cc3cc4c(cc3[nH]c1=O)OCO4)N(C(=O)c1ccco1)CC2. The molecule has 0 aliphatic carbocycles. The fourth-order valence-electron chi connectivity index (χ4n) is 4.86. The second kappa shape index (κ2) is 8.12. The van der Waals surface area contributed by atoms with Gasteiger partial charge in [0.1, 0.15) is 0 Å². The van der Waals surface area contributed by atoms with Crippen molar-refractivity contribution in [3.63, 3.8) is 0 Å². The predicted octanol–water partition coefficient (Wildman–Crippen LogP) is 3.65. The van der Waals surface area contributed by atoms with Crippen LogP contribution in [0.2, 0.25) is 0 Å². The number of methoxy groups -OCH3 is 2. The number of carbonyl (C=O) groups is 1. The van der Waals surface area contributed by atoms with Crippen molar-refractivity contribution < 1.29 is 28.2 Å². The van der Waals surface area contributed by atoms with E-state index in [0.29, 0.717) is 47.0 Å². The normalized spacial score (nSPS) is 16.3. The average molecular weight is 474 g/mol. The first-order valence-electron chi connectivity index (χ1n) is 11.1. The van der Waals surface area contributed by atoms with Crippen LogP contribution in [-0.2, 0) is 6.42 Å². The van der Waals surface area contributed by atoms with Gasteiger partial charge in [-0.25, -0.2) is 0 Å². The number of hydrogen-bond donors (Lipinski definition) is 1. The molecule has 4 heterocycles. The summed E-state index contributed by atoms with van der Waals surface area (Å²) in [5.74, 6) is 2.20. The standard InChI is InChI=1S/C26H22N2O7/c1-31-20-9-14-5-6-28(26(30)19-4-3-7-33-19)24(16(14)11-21(20)32-2)17-8-15-10-22-23(35-13-34-22)12-18(15)27-25(17)29/h3-4,7-12,24H,5-6,13H2,1-2H3,(H,27,29)/t24-/m0/s1. The summed E-state index contributed by atoms with van der Waals surface area (Å²) in [4.78, 5) is 31.5. The van der Waals surface area contributed by atoms with Crippen LogP contribution in [0.15, 0.2) is 57.9 Å². The van der Waals surface area contributed by atoms with Crippen LogP contribution in [0.5, 0.6) is 23.0 Å². The lowest BCUT2D eigenvalue weighted by Crippen LogP contribution is -2.42. The molecule has 178 valence electrons. The summed E-state index contributed by atoms with van der Waals surface area (Å²) in [6.07, 6.45) is 2.04. The molecule has 2 aliphatic heterocycles. The topological polar surface area (TPSA) is 103 Å². The zero-order chi connectivity index (χ0) is 24.1. The number of hydrogen-bond acceptors (Lipinski definition) is 7. The van der Waals surface area contributed by atoms with Crippen molar-refractivity contribution in [1.82, 2.24) is 9.88 Å². The minimum absolute atomic E-state index is 0.131. The van der Waals surface area contributed by atoms with Crippen LogP contribution in [0.25, 0.3) is 10.9 Å². The van der Waals surface area contributed by atoms with Crippen LogP contribution >= 0.6 is 0 Å². The van der Waals surface area contributed by atoms with Crippen LogP contribution in [0, 0.1) is 0 Å². The number of aromatic amines is 1. The summed E-state index contributed by atoms with van der Waals surface area (Å²) in [7, 11) is 3.13. The van der Waals surface area contributed by atoms with Gasteiger partial charge in [-0.05, 0) is 53.9 Å². The number of amides is 1. The molecule has 4 aromatic rings. The van der Waals surface area contributed by atoms with Gasteiger partial charge in [0.2, 0.25) is 6.79 Å². The molecule has 1 amide bonds. The lowest BCUT2D eigenvalue weighted by atomic mass is 9.87. The molecule has 2 aromatic heterocycles. The zero-order valence-corrected chi connectivity index (χ0v) is 19.1. The Balaban J connectivity index is 1.56. The van der Waals surface area contributed by atoms with Crippen molar-refractivity contribution in [2.24, 2.45) is 0 Å². The highest BCUT2D eigenvalue weighted by atomic mass is 16.7. The molecule has 9 heteroatoms. The second-order valence-electron chi connectivity index (χ2n) is 8.38. The Morgan fingerprint density at radius 1 is 1.03 bits per heavy atom. The average Bonchev–Trinajstić information content (AvgIpc) is 3.57. The van der Waals surface area contributed by atoms with Crippen molar-refractivity contribution in [2.75, 3.05) is 27.6 Å². The van der Waals surface area contributed by atoms with Gasteiger partial charge in [0.15, 0.2) is 28.8 Å².